The van der Waals surface area contributed by atoms with Gasteiger partial charge in [0, 0.05) is 16.3 Å². The molecule has 1 heterocycles. The van der Waals surface area contributed by atoms with Gasteiger partial charge in [-0.2, -0.15) is 0 Å². The van der Waals surface area contributed by atoms with Crippen molar-refractivity contribution >= 4 is 64.6 Å². The molecule has 0 fully saturated rings. The van der Waals surface area contributed by atoms with Crippen LogP contribution >= 0.6 is 0 Å². The summed E-state index contributed by atoms with van der Waals surface area (Å²) in [5.74, 6) is -1.10. The summed E-state index contributed by atoms with van der Waals surface area (Å²) in [4.78, 5) is 0. The van der Waals surface area contributed by atoms with E-state index in [1.54, 1.807) is 0 Å². The van der Waals surface area contributed by atoms with Gasteiger partial charge in [-0.3, -0.25) is 0 Å². The van der Waals surface area contributed by atoms with E-state index in [0.29, 0.717) is 0 Å². The smallest absolute Gasteiger partial charge is 0.143 e. The van der Waals surface area contributed by atoms with E-state index < -0.39 is 240 Å². The zero-order valence-corrected chi connectivity index (χ0v) is 23.4. The minimum atomic E-state index is -0.996. The van der Waals surface area contributed by atoms with Gasteiger partial charge in [0.2, 0.25) is 0 Å². The lowest BCUT2D eigenvalue weighted by atomic mass is 9.87. The van der Waals surface area contributed by atoms with Crippen molar-refractivity contribution in [1.82, 2.24) is 0 Å². The predicted octanol–water partition coefficient (Wildman–Crippen LogP) is 13.2. The third kappa shape index (κ3) is 3.49. The minimum Gasteiger partial charge on any atom is -0.455 e. The molecule has 1 heteroatoms. The predicted molar refractivity (Wildman–Crippen MR) is 199 cm³/mol. The first kappa shape index (κ1) is 11.0. The van der Waals surface area contributed by atoms with Crippen molar-refractivity contribution in [3.05, 3.63) is 157 Å². The molecule has 0 saturated heterocycles. The molecule has 216 valence electrons. The van der Waals surface area contributed by atoms with Crippen LogP contribution in [0.5, 0.6) is 11.5 Å². The summed E-state index contributed by atoms with van der Waals surface area (Å²) in [6, 6.07) is -21.1. The summed E-state index contributed by atoms with van der Waals surface area (Å²) < 4.78 is 242. The molecule has 1 nitrogen and oxygen atoms in total. The third-order valence-electron chi connectivity index (χ3n) is 8.25. The number of hydrogen-bond acceptors (Lipinski definition) is 1. The summed E-state index contributed by atoms with van der Waals surface area (Å²) in [7, 11) is 0. The van der Waals surface area contributed by atoms with Gasteiger partial charge in [-0.15, -0.1) is 0 Å². The third-order valence-corrected chi connectivity index (χ3v) is 8.25. The normalized spacial score (nSPS) is 20.2. The maximum absolute atomic E-state index is 9.85. The van der Waals surface area contributed by atoms with E-state index in [9.17, 15) is 12.3 Å². The van der Waals surface area contributed by atoms with Gasteiger partial charge in [0.05, 0.1) is 35.6 Å². The molecular weight excluding hydrogens is 569 g/mol. The van der Waals surface area contributed by atoms with Crippen molar-refractivity contribution in [2.75, 3.05) is 0 Å². The second-order valence-corrected chi connectivity index (χ2v) is 10.8. The molecule has 10 aromatic carbocycles. The van der Waals surface area contributed by atoms with Crippen LogP contribution in [0.1, 0.15) is 35.6 Å². The van der Waals surface area contributed by atoms with Gasteiger partial charge in [-0.05, 0) is 106 Å². The van der Waals surface area contributed by atoms with E-state index in [4.69, 9.17) is 28.0 Å². The van der Waals surface area contributed by atoms with Crippen LogP contribution in [0.25, 0.3) is 98.0 Å². The van der Waals surface area contributed by atoms with Crippen molar-refractivity contribution in [3.63, 3.8) is 0 Å². The van der Waals surface area contributed by atoms with Gasteiger partial charge in [0.1, 0.15) is 11.5 Å². The monoisotopic (exact) mass is 620 g/mol. The van der Waals surface area contributed by atoms with Crippen LogP contribution in [0.2, 0.25) is 0 Å². The van der Waals surface area contributed by atoms with Crippen LogP contribution in [0.3, 0.4) is 0 Å². The van der Waals surface area contributed by atoms with Crippen molar-refractivity contribution in [2.24, 2.45) is 0 Å². The van der Waals surface area contributed by atoms with E-state index >= 15 is 0 Å². The second-order valence-electron chi connectivity index (χ2n) is 10.8. The average molecular weight is 621 g/mol. The Bertz CT molecular complexity index is 4380. The Morgan fingerprint density at radius 1 is 0.340 bits per heavy atom. The molecule has 0 unspecified atom stereocenters. The standard InChI is InChI=1S/C46H26O/c1-2-11-39-36(10-1)40(26-41-37-12-4-8-27-9-5-13-42(44(27)37)47-46(39)41)34-19-17-31-24-33(18-16-32(31)25-34)35-22-20-30-15-14-28-6-3-7-29-21-23-38(35)45(30)43(28)29/h1-26H/i1D,2D,3D,4D,5D,6D,7D,8D,9D,10D,11D,12D,13D,14D,15D,16D,17D,18D,19D,20D,21D,22D,23D,24D,25D,26D. The zero-order valence-electron chi connectivity index (χ0n) is 49.4. The lowest BCUT2D eigenvalue weighted by Crippen LogP contribution is -1.99. The van der Waals surface area contributed by atoms with E-state index in [-0.39, 0.29) is 26.9 Å². The number of fused-ring (bicyclic) bond motifs is 5. The highest BCUT2D eigenvalue weighted by Gasteiger charge is 2.24. The van der Waals surface area contributed by atoms with E-state index in [2.05, 4.69) is 0 Å². The second kappa shape index (κ2) is 9.19. The summed E-state index contributed by atoms with van der Waals surface area (Å²) >= 11 is 0. The van der Waals surface area contributed by atoms with Crippen LogP contribution in [0.15, 0.2) is 157 Å². The summed E-state index contributed by atoms with van der Waals surface area (Å²) in [6.45, 7) is 0. The van der Waals surface area contributed by atoms with Crippen LogP contribution in [0, 0.1) is 0 Å². The van der Waals surface area contributed by atoms with Crippen molar-refractivity contribution in [3.8, 4) is 44.9 Å². The molecule has 0 saturated carbocycles. The SMILES string of the molecule is [2H]c1c(-c2c([2H])c([2H])c3c([2H])c([2H])c4c([2H])c([2H])c([2H])c5c([2H])c([2H])c2c3c45)c([2H])c2c([2H])c([2H])c(-c3c([2H])c4c(c5c([2H])c([2H])c([2H])c([2H])c35)Oc3c([2H])c([2H])c([2H])c5c([2H])c([2H])c([2H])c-4c35)c([2H])c2c1[2H]. The molecule has 0 aliphatic carbocycles. The highest BCUT2D eigenvalue weighted by Crippen LogP contribution is 2.51. The molecule has 0 atom stereocenters. The molecule has 47 heavy (non-hydrogen) atoms. The largest absolute Gasteiger partial charge is 0.455 e. The molecule has 0 spiro atoms. The molecule has 0 amide bonds. The topological polar surface area (TPSA) is 9.23 Å². The van der Waals surface area contributed by atoms with Crippen molar-refractivity contribution < 1.29 is 40.4 Å². The number of benzene rings is 10. The first-order valence-corrected chi connectivity index (χ1v) is 14.2. The summed E-state index contributed by atoms with van der Waals surface area (Å²) in [6.07, 6.45) is 0. The Balaban J connectivity index is 1.31. The zero-order chi connectivity index (χ0) is 53.3. The number of ether oxygens (including phenoxy) is 1. The fourth-order valence-electron chi connectivity index (χ4n) is 6.19. The molecule has 0 aromatic heterocycles. The molecule has 10 aromatic rings. The van der Waals surface area contributed by atoms with Gasteiger partial charge in [-0.1, -0.05) is 133 Å². The Kier molecular flexibility index (Phi) is 2.14. The van der Waals surface area contributed by atoms with Gasteiger partial charge >= 0.3 is 0 Å². The fraction of sp³-hybridized carbons (Fsp3) is 0. The molecule has 1 aliphatic rings. The average Bonchev–Trinajstić information content (AvgIpc) is 3.35. The molecule has 0 radical (unpaired) electrons. The quantitative estimate of drug-likeness (QED) is 0.175. The molecule has 1 aliphatic heterocycles. The Morgan fingerprint density at radius 3 is 1.72 bits per heavy atom. The molecule has 11 rings (SSSR count). The van der Waals surface area contributed by atoms with Crippen LogP contribution < -0.4 is 4.74 Å². The van der Waals surface area contributed by atoms with E-state index in [0.717, 1.165) is 0 Å². The van der Waals surface area contributed by atoms with Gasteiger partial charge in [0.25, 0.3) is 0 Å². The number of rotatable bonds is 2. The maximum Gasteiger partial charge on any atom is 0.143 e. The highest BCUT2D eigenvalue weighted by molar-refractivity contribution is 6.25. The van der Waals surface area contributed by atoms with Gasteiger partial charge in [-0.25, -0.2) is 0 Å². The molecule has 0 N–H and O–H groups in total. The Hall–Kier alpha value is -6.18. The lowest BCUT2D eigenvalue weighted by molar-refractivity contribution is 0.493. The van der Waals surface area contributed by atoms with E-state index in [1.807, 2.05) is 0 Å². The van der Waals surface area contributed by atoms with E-state index in [1.165, 1.54) is 0 Å². The number of hydrogen-bond donors (Lipinski definition) is 0. The Morgan fingerprint density at radius 2 is 0.936 bits per heavy atom. The lowest BCUT2D eigenvalue weighted by Gasteiger charge is -2.24. The first-order valence-electron chi connectivity index (χ1n) is 27.2. The minimum absolute atomic E-state index is 0.241. The fourth-order valence-corrected chi connectivity index (χ4v) is 6.19. The Labute approximate surface area is 307 Å². The summed E-state index contributed by atoms with van der Waals surface area (Å²) in [5, 5.41) is -5.45. The van der Waals surface area contributed by atoms with Crippen LogP contribution in [-0.4, -0.2) is 0 Å². The van der Waals surface area contributed by atoms with Crippen molar-refractivity contribution in [2.45, 2.75) is 0 Å². The van der Waals surface area contributed by atoms with Gasteiger partial charge < -0.3 is 4.74 Å². The van der Waals surface area contributed by atoms with Crippen LogP contribution in [-0.2, 0) is 0 Å². The van der Waals surface area contributed by atoms with Crippen molar-refractivity contribution in [1.29, 1.82) is 0 Å². The maximum atomic E-state index is 9.85. The van der Waals surface area contributed by atoms with Crippen LogP contribution in [0.4, 0.5) is 0 Å². The molecule has 0 bridgehead atoms. The molecular formula is C46H26O. The van der Waals surface area contributed by atoms with Gasteiger partial charge in [0.15, 0.2) is 0 Å². The first-order chi connectivity index (χ1) is 34.2. The highest BCUT2D eigenvalue weighted by atomic mass is 16.5. The summed E-state index contributed by atoms with van der Waals surface area (Å²) in [5.41, 5.74) is -3.71.